The standard InChI is InChI=1S/C24H26N6O4/c1-16-9-7-8-12-19(16)34-15-18(31)14-30-20-21(28(2)24(33)29(3)22(20)32)26-23(30)27-25-13-17-10-5-4-6-11-17/h4-13,18,31H,14-15H2,1-3H3,(H,26,27)/b25-13+. The number of para-hydroxylation sites is 1. The van der Waals surface area contributed by atoms with Crippen molar-refractivity contribution in [2.45, 2.75) is 19.6 Å². The SMILES string of the molecule is Cc1ccccc1OCC(O)Cn1c(N/N=C/c2ccccc2)nc2c1c(=O)n(C)c(=O)n2C. The fraction of sp³-hybridized carbons (Fsp3) is 0.250. The van der Waals surface area contributed by atoms with E-state index >= 15 is 0 Å². The molecule has 1 unspecified atom stereocenters. The third kappa shape index (κ3) is 4.62. The normalized spacial score (nSPS) is 12.4. The van der Waals surface area contributed by atoms with Crippen LogP contribution in [0.4, 0.5) is 5.95 Å². The lowest BCUT2D eigenvalue weighted by Crippen LogP contribution is -2.38. The van der Waals surface area contributed by atoms with Gasteiger partial charge in [-0.1, -0.05) is 48.5 Å². The fourth-order valence-electron chi connectivity index (χ4n) is 3.58. The Bertz CT molecular complexity index is 1450. The van der Waals surface area contributed by atoms with Gasteiger partial charge in [0.2, 0.25) is 5.95 Å². The maximum absolute atomic E-state index is 12.9. The number of imidazole rings is 1. The summed E-state index contributed by atoms with van der Waals surface area (Å²) in [6, 6.07) is 17.0. The molecule has 176 valence electrons. The Balaban J connectivity index is 1.67. The molecule has 0 aliphatic carbocycles. The summed E-state index contributed by atoms with van der Waals surface area (Å²) < 4.78 is 9.58. The van der Waals surface area contributed by atoms with Gasteiger partial charge in [0.1, 0.15) is 18.5 Å². The number of hydrogen-bond donors (Lipinski definition) is 2. The number of aryl methyl sites for hydroxylation is 2. The Hall–Kier alpha value is -4.18. The van der Waals surface area contributed by atoms with Crippen molar-refractivity contribution in [3.05, 3.63) is 86.6 Å². The molecule has 0 radical (unpaired) electrons. The van der Waals surface area contributed by atoms with Crippen molar-refractivity contribution >= 4 is 23.3 Å². The molecule has 0 amide bonds. The summed E-state index contributed by atoms with van der Waals surface area (Å²) in [6.07, 6.45) is 0.649. The lowest BCUT2D eigenvalue weighted by atomic mass is 10.2. The van der Waals surface area contributed by atoms with E-state index in [1.807, 2.05) is 61.5 Å². The first-order chi connectivity index (χ1) is 16.4. The van der Waals surface area contributed by atoms with Crippen LogP contribution in [-0.2, 0) is 20.6 Å². The number of aliphatic hydroxyl groups is 1. The Morgan fingerprint density at radius 2 is 1.79 bits per heavy atom. The van der Waals surface area contributed by atoms with Crippen LogP contribution in [0.2, 0.25) is 0 Å². The number of nitrogens with zero attached hydrogens (tertiary/aromatic N) is 5. The minimum Gasteiger partial charge on any atom is -0.491 e. The molecule has 2 N–H and O–H groups in total. The lowest BCUT2D eigenvalue weighted by Gasteiger charge is -2.16. The van der Waals surface area contributed by atoms with E-state index in [0.29, 0.717) is 5.75 Å². The van der Waals surface area contributed by atoms with Gasteiger partial charge >= 0.3 is 5.69 Å². The van der Waals surface area contributed by atoms with Crippen molar-refractivity contribution in [1.82, 2.24) is 18.7 Å². The highest BCUT2D eigenvalue weighted by Gasteiger charge is 2.21. The van der Waals surface area contributed by atoms with Crippen LogP contribution in [0.5, 0.6) is 5.75 Å². The van der Waals surface area contributed by atoms with Gasteiger partial charge in [-0.25, -0.2) is 10.2 Å². The van der Waals surface area contributed by atoms with Gasteiger partial charge in [0.05, 0.1) is 12.8 Å². The quantitative estimate of drug-likeness (QED) is 0.304. The maximum Gasteiger partial charge on any atom is 0.332 e. The first kappa shape index (κ1) is 23.0. The predicted octanol–water partition coefficient (Wildman–Crippen LogP) is 1.63. The van der Waals surface area contributed by atoms with Crippen LogP contribution in [0.1, 0.15) is 11.1 Å². The smallest absolute Gasteiger partial charge is 0.332 e. The van der Waals surface area contributed by atoms with Crippen molar-refractivity contribution in [3.8, 4) is 5.75 Å². The molecule has 10 nitrogen and oxygen atoms in total. The second kappa shape index (κ2) is 9.75. The molecule has 0 saturated carbocycles. The van der Waals surface area contributed by atoms with Crippen LogP contribution in [-0.4, -0.2) is 42.7 Å². The summed E-state index contributed by atoms with van der Waals surface area (Å²) in [4.78, 5) is 29.8. The highest BCUT2D eigenvalue weighted by molar-refractivity contribution is 5.80. The van der Waals surface area contributed by atoms with Gasteiger partial charge in [-0.05, 0) is 24.1 Å². The number of nitrogens with one attached hydrogen (secondary N) is 1. The van der Waals surface area contributed by atoms with Crippen molar-refractivity contribution in [3.63, 3.8) is 0 Å². The second-order valence-corrected chi connectivity index (χ2v) is 7.94. The molecule has 10 heteroatoms. The second-order valence-electron chi connectivity index (χ2n) is 7.94. The van der Waals surface area contributed by atoms with E-state index in [1.54, 1.807) is 6.21 Å². The minimum absolute atomic E-state index is 0.000977. The maximum atomic E-state index is 12.9. The predicted molar refractivity (Wildman–Crippen MR) is 131 cm³/mol. The summed E-state index contributed by atoms with van der Waals surface area (Å²) >= 11 is 0. The average molecular weight is 463 g/mol. The molecule has 0 bridgehead atoms. The largest absolute Gasteiger partial charge is 0.491 e. The number of fused-ring (bicyclic) bond motifs is 1. The zero-order valence-electron chi connectivity index (χ0n) is 19.2. The third-order valence-corrected chi connectivity index (χ3v) is 5.44. The molecule has 1 atom stereocenters. The summed E-state index contributed by atoms with van der Waals surface area (Å²) in [5.74, 6) is 0.886. The van der Waals surface area contributed by atoms with E-state index < -0.39 is 17.4 Å². The van der Waals surface area contributed by atoms with Gasteiger partial charge in [-0.15, -0.1) is 0 Å². The van der Waals surface area contributed by atoms with Gasteiger partial charge in [0.15, 0.2) is 11.2 Å². The molecule has 0 spiro atoms. The molecular formula is C24H26N6O4. The van der Waals surface area contributed by atoms with Gasteiger partial charge in [0.25, 0.3) is 5.56 Å². The summed E-state index contributed by atoms with van der Waals surface area (Å²) in [5.41, 5.74) is 4.01. The van der Waals surface area contributed by atoms with E-state index in [9.17, 15) is 14.7 Å². The summed E-state index contributed by atoms with van der Waals surface area (Å²) in [6.45, 7) is 1.92. The molecule has 0 aliphatic heterocycles. The van der Waals surface area contributed by atoms with Crippen molar-refractivity contribution < 1.29 is 9.84 Å². The molecular weight excluding hydrogens is 436 g/mol. The Morgan fingerprint density at radius 3 is 2.53 bits per heavy atom. The summed E-state index contributed by atoms with van der Waals surface area (Å²) in [7, 11) is 2.94. The van der Waals surface area contributed by atoms with E-state index in [0.717, 1.165) is 15.7 Å². The molecule has 4 rings (SSSR count). The monoisotopic (exact) mass is 462 g/mol. The fourth-order valence-corrected chi connectivity index (χ4v) is 3.58. The number of ether oxygens (including phenoxy) is 1. The van der Waals surface area contributed by atoms with E-state index in [4.69, 9.17) is 4.74 Å². The number of aliphatic hydroxyl groups excluding tert-OH is 1. The Morgan fingerprint density at radius 1 is 1.09 bits per heavy atom. The van der Waals surface area contributed by atoms with E-state index in [-0.39, 0.29) is 30.3 Å². The first-order valence-electron chi connectivity index (χ1n) is 10.7. The number of aromatic nitrogens is 4. The molecule has 0 fully saturated rings. The zero-order valence-corrected chi connectivity index (χ0v) is 19.2. The number of rotatable bonds is 8. The first-order valence-corrected chi connectivity index (χ1v) is 10.7. The lowest BCUT2D eigenvalue weighted by molar-refractivity contribution is 0.0935. The molecule has 4 aromatic rings. The zero-order chi connectivity index (χ0) is 24.2. The van der Waals surface area contributed by atoms with Gasteiger partial charge in [-0.2, -0.15) is 10.1 Å². The average Bonchev–Trinajstić information content (AvgIpc) is 3.19. The van der Waals surface area contributed by atoms with Crippen LogP contribution in [0.25, 0.3) is 11.2 Å². The summed E-state index contributed by atoms with van der Waals surface area (Å²) in [5, 5.41) is 14.9. The number of hydrogen-bond acceptors (Lipinski definition) is 7. The molecule has 34 heavy (non-hydrogen) atoms. The van der Waals surface area contributed by atoms with Crippen LogP contribution in [0, 0.1) is 6.92 Å². The van der Waals surface area contributed by atoms with Gasteiger partial charge in [-0.3, -0.25) is 13.9 Å². The Kier molecular flexibility index (Phi) is 6.60. The van der Waals surface area contributed by atoms with E-state index in [1.165, 1.54) is 23.2 Å². The molecule has 2 aromatic carbocycles. The number of anilines is 1. The van der Waals surface area contributed by atoms with Crippen molar-refractivity contribution in [1.29, 1.82) is 0 Å². The highest BCUT2D eigenvalue weighted by atomic mass is 16.5. The van der Waals surface area contributed by atoms with Crippen LogP contribution < -0.4 is 21.4 Å². The van der Waals surface area contributed by atoms with Crippen LogP contribution in [0.3, 0.4) is 0 Å². The Labute approximate surface area is 195 Å². The number of hydrazone groups is 1. The van der Waals surface area contributed by atoms with Gasteiger partial charge < -0.3 is 14.4 Å². The molecule has 2 aromatic heterocycles. The topological polar surface area (TPSA) is 116 Å². The molecule has 0 aliphatic rings. The minimum atomic E-state index is -0.961. The van der Waals surface area contributed by atoms with E-state index in [2.05, 4.69) is 15.5 Å². The van der Waals surface area contributed by atoms with Crippen molar-refractivity contribution in [2.24, 2.45) is 19.2 Å². The third-order valence-electron chi connectivity index (χ3n) is 5.44. The molecule has 0 saturated heterocycles. The van der Waals surface area contributed by atoms with Crippen molar-refractivity contribution in [2.75, 3.05) is 12.0 Å². The van der Waals surface area contributed by atoms with Gasteiger partial charge in [0, 0.05) is 14.1 Å². The van der Waals surface area contributed by atoms with Crippen LogP contribution in [0.15, 0.2) is 69.3 Å². The molecule has 2 heterocycles. The van der Waals surface area contributed by atoms with Crippen LogP contribution >= 0.6 is 0 Å². The number of benzene rings is 2. The highest BCUT2D eigenvalue weighted by Crippen LogP contribution is 2.19.